The van der Waals surface area contributed by atoms with E-state index in [2.05, 4.69) is 48.5 Å². The lowest BCUT2D eigenvalue weighted by Gasteiger charge is -2.19. The van der Waals surface area contributed by atoms with Gasteiger partial charge in [-0.1, -0.05) is 36.4 Å². The molecule has 0 radical (unpaired) electrons. The molecule has 0 spiro atoms. The van der Waals surface area contributed by atoms with E-state index >= 15 is 0 Å². The number of aryl methyl sites for hydroxylation is 1. The summed E-state index contributed by atoms with van der Waals surface area (Å²) >= 11 is 0. The highest BCUT2D eigenvalue weighted by atomic mass is 16.5. The predicted molar refractivity (Wildman–Crippen MR) is 75.3 cm³/mol. The standard InChI is InChI=1S/C17H14O/c1-2-5-14-11-16-15(10-13(14)4-1)8-7-12-6-3-9-18-17(12)16/h1-2,4-5,7-8,10-11H,3,6,9H2. The fraction of sp³-hybridized carbons (Fsp3) is 0.176. The van der Waals surface area contributed by atoms with Crippen LogP contribution in [0.2, 0.25) is 0 Å². The minimum absolute atomic E-state index is 0.846. The first-order valence-corrected chi connectivity index (χ1v) is 6.49. The lowest BCUT2D eigenvalue weighted by Crippen LogP contribution is -2.08. The van der Waals surface area contributed by atoms with Crippen molar-refractivity contribution in [1.82, 2.24) is 0 Å². The largest absolute Gasteiger partial charge is 0.493 e. The van der Waals surface area contributed by atoms with Crippen LogP contribution in [0.1, 0.15) is 12.0 Å². The fourth-order valence-electron chi connectivity index (χ4n) is 2.84. The Hall–Kier alpha value is -2.02. The smallest absolute Gasteiger partial charge is 0.130 e. The van der Waals surface area contributed by atoms with E-state index in [1.54, 1.807) is 0 Å². The molecule has 0 N–H and O–H groups in total. The van der Waals surface area contributed by atoms with Crippen LogP contribution in [-0.4, -0.2) is 6.61 Å². The van der Waals surface area contributed by atoms with Gasteiger partial charge in [0.15, 0.2) is 0 Å². The second-order valence-corrected chi connectivity index (χ2v) is 4.93. The van der Waals surface area contributed by atoms with Gasteiger partial charge in [-0.05, 0) is 46.7 Å². The van der Waals surface area contributed by atoms with E-state index in [0.29, 0.717) is 0 Å². The van der Waals surface area contributed by atoms with Crippen LogP contribution >= 0.6 is 0 Å². The Morgan fingerprint density at radius 1 is 0.833 bits per heavy atom. The molecule has 0 saturated carbocycles. The second kappa shape index (κ2) is 3.74. The number of ether oxygens (including phenoxy) is 1. The summed E-state index contributed by atoms with van der Waals surface area (Å²) < 4.78 is 5.89. The van der Waals surface area contributed by atoms with Crippen LogP contribution < -0.4 is 4.74 Å². The first-order chi connectivity index (χ1) is 8.92. The molecule has 1 aliphatic rings. The highest BCUT2D eigenvalue weighted by Crippen LogP contribution is 2.35. The Kier molecular flexibility index (Phi) is 2.07. The quantitative estimate of drug-likeness (QED) is 0.526. The molecule has 0 aliphatic carbocycles. The van der Waals surface area contributed by atoms with E-state index in [1.807, 2.05) is 0 Å². The Balaban J connectivity index is 2.11. The van der Waals surface area contributed by atoms with E-state index in [9.17, 15) is 0 Å². The summed E-state index contributed by atoms with van der Waals surface area (Å²) in [6, 6.07) is 17.4. The van der Waals surface area contributed by atoms with Crippen molar-refractivity contribution in [3.05, 3.63) is 54.1 Å². The minimum Gasteiger partial charge on any atom is -0.493 e. The predicted octanol–water partition coefficient (Wildman–Crippen LogP) is 4.32. The first-order valence-electron chi connectivity index (χ1n) is 6.49. The van der Waals surface area contributed by atoms with Crippen molar-refractivity contribution in [3.8, 4) is 5.75 Å². The maximum atomic E-state index is 5.89. The summed E-state index contributed by atoms with van der Waals surface area (Å²) in [5.74, 6) is 1.10. The summed E-state index contributed by atoms with van der Waals surface area (Å²) in [6.45, 7) is 0.846. The SMILES string of the molecule is c1ccc2cc3c4c(ccc3cc2c1)CCCO4. The van der Waals surface area contributed by atoms with Crippen molar-refractivity contribution in [2.75, 3.05) is 6.61 Å². The van der Waals surface area contributed by atoms with Gasteiger partial charge in [-0.2, -0.15) is 0 Å². The summed E-state index contributed by atoms with van der Waals surface area (Å²) in [5, 5.41) is 5.11. The van der Waals surface area contributed by atoms with Crippen LogP contribution in [0.3, 0.4) is 0 Å². The average molecular weight is 234 g/mol. The lowest BCUT2D eigenvalue weighted by atomic mass is 9.97. The molecular formula is C17H14O. The van der Waals surface area contributed by atoms with Gasteiger partial charge < -0.3 is 4.74 Å². The Labute approximate surface area is 106 Å². The van der Waals surface area contributed by atoms with Gasteiger partial charge in [0.1, 0.15) is 5.75 Å². The minimum atomic E-state index is 0.846. The van der Waals surface area contributed by atoms with Crippen LogP contribution in [0.25, 0.3) is 21.5 Å². The summed E-state index contributed by atoms with van der Waals surface area (Å²) in [6.07, 6.45) is 2.27. The zero-order valence-corrected chi connectivity index (χ0v) is 10.1. The third-order valence-corrected chi connectivity index (χ3v) is 3.76. The molecule has 0 aromatic heterocycles. The molecule has 1 heteroatoms. The number of benzene rings is 3. The summed E-state index contributed by atoms with van der Waals surface area (Å²) in [5.41, 5.74) is 1.35. The highest BCUT2D eigenvalue weighted by molar-refractivity contribution is 6.01. The molecule has 1 nitrogen and oxygen atoms in total. The Bertz CT molecular complexity index is 743. The third kappa shape index (κ3) is 1.40. The molecule has 0 fully saturated rings. The van der Waals surface area contributed by atoms with E-state index in [0.717, 1.165) is 25.2 Å². The molecule has 3 aromatic carbocycles. The normalized spacial score (nSPS) is 14.4. The van der Waals surface area contributed by atoms with Gasteiger partial charge in [0.25, 0.3) is 0 Å². The Morgan fingerprint density at radius 3 is 2.56 bits per heavy atom. The molecule has 1 aliphatic heterocycles. The first kappa shape index (κ1) is 9.95. The molecule has 4 rings (SSSR count). The van der Waals surface area contributed by atoms with Crippen LogP contribution in [0.4, 0.5) is 0 Å². The van der Waals surface area contributed by atoms with E-state index in [-0.39, 0.29) is 0 Å². The number of hydrogen-bond donors (Lipinski definition) is 0. The molecule has 0 saturated heterocycles. The number of rotatable bonds is 0. The van der Waals surface area contributed by atoms with Gasteiger partial charge in [-0.3, -0.25) is 0 Å². The second-order valence-electron chi connectivity index (χ2n) is 4.93. The molecular weight excluding hydrogens is 220 g/mol. The highest BCUT2D eigenvalue weighted by Gasteiger charge is 2.13. The summed E-state index contributed by atoms with van der Waals surface area (Å²) in [7, 11) is 0. The van der Waals surface area contributed by atoms with Crippen molar-refractivity contribution in [3.63, 3.8) is 0 Å². The molecule has 18 heavy (non-hydrogen) atoms. The van der Waals surface area contributed by atoms with Crippen LogP contribution in [0.5, 0.6) is 5.75 Å². The van der Waals surface area contributed by atoms with Crippen molar-refractivity contribution >= 4 is 21.5 Å². The zero-order chi connectivity index (χ0) is 11.9. The zero-order valence-electron chi connectivity index (χ0n) is 10.1. The maximum Gasteiger partial charge on any atom is 0.130 e. The lowest BCUT2D eigenvalue weighted by molar-refractivity contribution is 0.292. The van der Waals surface area contributed by atoms with Gasteiger partial charge >= 0.3 is 0 Å². The maximum absolute atomic E-state index is 5.89. The molecule has 3 aromatic rings. The average Bonchev–Trinajstić information content (AvgIpc) is 2.45. The van der Waals surface area contributed by atoms with Gasteiger partial charge in [0, 0.05) is 5.39 Å². The third-order valence-electron chi connectivity index (χ3n) is 3.76. The van der Waals surface area contributed by atoms with E-state index < -0.39 is 0 Å². The molecule has 0 unspecified atom stereocenters. The van der Waals surface area contributed by atoms with Crippen LogP contribution in [-0.2, 0) is 6.42 Å². The van der Waals surface area contributed by atoms with Crippen LogP contribution in [0.15, 0.2) is 48.5 Å². The number of hydrogen-bond acceptors (Lipinski definition) is 1. The monoisotopic (exact) mass is 234 g/mol. The van der Waals surface area contributed by atoms with E-state index in [1.165, 1.54) is 27.1 Å². The van der Waals surface area contributed by atoms with Gasteiger partial charge in [0.2, 0.25) is 0 Å². The topological polar surface area (TPSA) is 9.23 Å². The Morgan fingerprint density at radius 2 is 1.67 bits per heavy atom. The van der Waals surface area contributed by atoms with Crippen molar-refractivity contribution in [2.24, 2.45) is 0 Å². The molecule has 1 heterocycles. The van der Waals surface area contributed by atoms with Crippen molar-refractivity contribution < 1.29 is 4.74 Å². The molecule has 0 bridgehead atoms. The van der Waals surface area contributed by atoms with Crippen molar-refractivity contribution in [2.45, 2.75) is 12.8 Å². The molecule has 88 valence electrons. The molecule has 0 amide bonds. The van der Waals surface area contributed by atoms with E-state index in [4.69, 9.17) is 4.74 Å². The fourth-order valence-corrected chi connectivity index (χ4v) is 2.84. The van der Waals surface area contributed by atoms with Gasteiger partial charge in [-0.25, -0.2) is 0 Å². The van der Waals surface area contributed by atoms with Gasteiger partial charge in [0.05, 0.1) is 6.61 Å². The van der Waals surface area contributed by atoms with Gasteiger partial charge in [-0.15, -0.1) is 0 Å². The molecule has 0 atom stereocenters. The number of fused-ring (bicyclic) bond motifs is 4. The van der Waals surface area contributed by atoms with Crippen LogP contribution in [0, 0.1) is 0 Å². The van der Waals surface area contributed by atoms with Crippen molar-refractivity contribution in [1.29, 1.82) is 0 Å². The summed E-state index contributed by atoms with van der Waals surface area (Å²) in [4.78, 5) is 0.